The Balaban J connectivity index is 0. The van der Waals surface area contributed by atoms with Crippen molar-refractivity contribution in [3.63, 3.8) is 0 Å². The Labute approximate surface area is 79.2 Å². The second kappa shape index (κ2) is 9.68. The first-order valence-corrected chi connectivity index (χ1v) is 5.42. The van der Waals surface area contributed by atoms with E-state index < -0.39 is 7.82 Å². The zero-order valence-electron chi connectivity index (χ0n) is 7.85. The van der Waals surface area contributed by atoms with Crippen molar-refractivity contribution < 1.29 is 18.9 Å². The molecule has 0 atom stereocenters. The van der Waals surface area contributed by atoms with Crippen LogP contribution in [0.2, 0.25) is 0 Å². The third-order valence-corrected chi connectivity index (χ3v) is 1.34. The molecule has 0 aliphatic carbocycles. The molecule has 0 unspecified atom stereocenters. The molecule has 0 spiro atoms. The third-order valence-electron chi connectivity index (χ3n) is 0.853. The summed E-state index contributed by atoms with van der Waals surface area (Å²) in [6.45, 7) is 8.77. The largest absolute Gasteiger partial charge is 0.469 e. The van der Waals surface area contributed by atoms with Gasteiger partial charge in [0.15, 0.2) is 0 Å². The van der Waals surface area contributed by atoms with Gasteiger partial charge in [-0.3, -0.25) is 4.52 Å². The van der Waals surface area contributed by atoms with Crippen LogP contribution in [0.3, 0.4) is 0 Å². The molecule has 0 saturated heterocycles. The summed E-state index contributed by atoms with van der Waals surface area (Å²) in [6, 6.07) is 0. The number of rotatable bonds is 5. The van der Waals surface area contributed by atoms with Crippen LogP contribution in [0, 0.1) is 0 Å². The van der Waals surface area contributed by atoms with E-state index in [-0.39, 0.29) is 6.61 Å². The van der Waals surface area contributed by atoms with Crippen LogP contribution in [0.4, 0.5) is 0 Å². The van der Waals surface area contributed by atoms with E-state index in [0.717, 1.165) is 6.42 Å². The van der Waals surface area contributed by atoms with Crippen LogP contribution < -0.4 is 0 Å². The number of hydrogen-bond acceptors (Lipinski definition) is 2. The van der Waals surface area contributed by atoms with Gasteiger partial charge in [0.2, 0.25) is 0 Å². The van der Waals surface area contributed by atoms with E-state index >= 15 is 0 Å². The first kappa shape index (κ1) is 15.1. The van der Waals surface area contributed by atoms with Crippen LogP contribution in [-0.4, -0.2) is 16.4 Å². The van der Waals surface area contributed by atoms with Crippen LogP contribution >= 0.6 is 7.82 Å². The van der Waals surface area contributed by atoms with E-state index in [0.29, 0.717) is 0 Å². The van der Waals surface area contributed by atoms with Gasteiger partial charge >= 0.3 is 7.82 Å². The van der Waals surface area contributed by atoms with Gasteiger partial charge in [-0.1, -0.05) is 25.5 Å². The lowest BCUT2D eigenvalue weighted by atomic mass is 10.3. The summed E-state index contributed by atoms with van der Waals surface area (Å²) in [5, 5.41) is 0. The maximum absolute atomic E-state index is 9.81. The average molecular weight is 208 g/mol. The van der Waals surface area contributed by atoms with Crippen LogP contribution in [0.5, 0.6) is 0 Å². The predicted octanol–water partition coefficient (Wildman–Crippen LogP) is 2.25. The Morgan fingerprint density at radius 2 is 1.92 bits per heavy atom. The van der Waals surface area contributed by atoms with Gasteiger partial charge in [0, 0.05) is 0 Å². The quantitative estimate of drug-likeness (QED) is 0.537. The number of allylic oxidation sites excluding steroid dienone is 1. The summed E-state index contributed by atoms with van der Waals surface area (Å²) in [5.74, 6) is 0. The Morgan fingerprint density at radius 3 is 2.00 bits per heavy atom. The zero-order chi connectivity index (χ0) is 10.7. The van der Waals surface area contributed by atoms with Crippen molar-refractivity contribution in [1.29, 1.82) is 0 Å². The minimum Gasteiger partial charge on any atom is -0.303 e. The number of hydrogen-bond donors (Lipinski definition) is 2. The van der Waals surface area contributed by atoms with Crippen molar-refractivity contribution in [2.24, 2.45) is 0 Å². The van der Waals surface area contributed by atoms with Crippen molar-refractivity contribution in [1.82, 2.24) is 0 Å². The normalized spacial score (nSPS) is 9.77. The fourth-order valence-electron chi connectivity index (χ4n) is 0.354. The van der Waals surface area contributed by atoms with Gasteiger partial charge in [-0.05, 0) is 6.42 Å². The highest BCUT2D eigenvalue weighted by Gasteiger charge is 2.10. The van der Waals surface area contributed by atoms with Gasteiger partial charge in [-0.2, -0.15) is 0 Å². The number of phosphoric acid groups is 1. The summed E-state index contributed by atoms with van der Waals surface area (Å²) in [6.07, 6.45) is 5.57. The molecule has 0 heterocycles. The monoisotopic (exact) mass is 208 g/mol. The van der Waals surface area contributed by atoms with Crippen LogP contribution in [0.25, 0.3) is 0 Å². The van der Waals surface area contributed by atoms with Crippen molar-refractivity contribution in [3.8, 4) is 0 Å². The average Bonchev–Trinajstić information content (AvgIpc) is 2.02. The van der Waals surface area contributed by atoms with Crippen LogP contribution in [-0.2, 0) is 9.09 Å². The Kier molecular flexibility index (Phi) is 11.2. The van der Waals surface area contributed by atoms with Crippen molar-refractivity contribution in [2.45, 2.75) is 19.8 Å². The first-order chi connectivity index (χ1) is 5.97. The Bertz CT molecular complexity index is 173. The molecule has 0 aromatic carbocycles. The highest BCUT2D eigenvalue weighted by Crippen LogP contribution is 2.35. The molecule has 0 rings (SSSR count). The fraction of sp³-hybridized carbons (Fsp3) is 0.500. The molecular weight excluding hydrogens is 191 g/mol. The number of unbranched alkanes of at least 4 members (excludes halogenated alkanes) is 1. The topological polar surface area (TPSA) is 66.8 Å². The minimum atomic E-state index is -4.25. The van der Waals surface area contributed by atoms with Gasteiger partial charge in [0.25, 0.3) is 0 Å². The van der Waals surface area contributed by atoms with E-state index in [9.17, 15) is 4.57 Å². The predicted molar refractivity (Wildman–Crippen MR) is 53.3 cm³/mol. The van der Waals surface area contributed by atoms with Gasteiger partial charge in [-0.25, -0.2) is 4.57 Å². The van der Waals surface area contributed by atoms with Crippen LogP contribution in [0.1, 0.15) is 19.8 Å². The highest BCUT2D eigenvalue weighted by atomic mass is 31.2. The van der Waals surface area contributed by atoms with Crippen LogP contribution in [0.15, 0.2) is 25.3 Å². The number of phosphoric ester groups is 1. The SMILES string of the molecule is C=CCCC.C=CCOP(=O)(O)O. The molecule has 0 radical (unpaired) electrons. The molecule has 13 heavy (non-hydrogen) atoms. The fourth-order valence-corrected chi connectivity index (χ4v) is 0.654. The molecular formula is C8H17O4P. The van der Waals surface area contributed by atoms with Crippen molar-refractivity contribution in [3.05, 3.63) is 25.3 Å². The molecule has 0 aliphatic heterocycles. The molecule has 5 heteroatoms. The lowest BCUT2D eigenvalue weighted by Crippen LogP contribution is -1.86. The van der Waals surface area contributed by atoms with Gasteiger partial charge in [-0.15, -0.1) is 13.2 Å². The molecule has 4 nitrogen and oxygen atoms in total. The Morgan fingerprint density at radius 1 is 1.38 bits per heavy atom. The minimum absolute atomic E-state index is 0.121. The molecule has 0 amide bonds. The maximum Gasteiger partial charge on any atom is 0.469 e. The smallest absolute Gasteiger partial charge is 0.303 e. The van der Waals surface area contributed by atoms with Crippen molar-refractivity contribution >= 4 is 7.82 Å². The van der Waals surface area contributed by atoms with Gasteiger partial charge in [0.05, 0.1) is 6.61 Å². The summed E-state index contributed by atoms with van der Waals surface area (Å²) >= 11 is 0. The molecule has 0 bridgehead atoms. The summed E-state index contributed by atoms with van der Waals surface area (Å²) in [4.78, 5) is 16.0. The molecule has 0 aliphatic rings. The van der Waals surface area contributed by atoms with Gasteiger partial charge < -0.3 is 9.79 Å². The van der Waals surface area contributed by atoms with E-state index in [1.807, 2.05) is 6.08 Å². The second-order valence-corrected chi connectivity index (χ2v) is 3.39. The maximum atomic E-state index is 9.81. The summed E-state index contributed by atoms with van der Waals surface area (Å²) < 4.78 is 13.7. The summed E-state index contributed by atoms with van der Waals surface area (Å²) in [7, 11) is -4.25. The molecule has 0 aromatic heterocycles. The van der Waals surface area contributed by atoms with Crippen molar-refractivity contribution in [2.75, 3.05) is 6.61 Å². The second-order valence-electron chi connectivity index (χ2n) is 2.15. The lowest BCUT2D eigenvalue weighted by Gasteiger charge is -1.98. The Hall–Kier alpha value is -0.410. The lowest BCUT2D eigenvalue weighted by molar-refractivity contribution is 0.216. The standard InChI is InChI=1S/C5H10.C3H7O4P/c1-3-5-4-2;1-2-3-7-8(4,5)6/h3H,1,4-5H2,2H3;2H,1,3H2,(H2,4,5,6). The van der Waals surface area contributed by atoms with Gasteiger partial charge in [0.1, 0.15) is 0 Å². The molecule has 78 valence electrons. The van der Waals surface area contributed by atoms with E-state index in [2.05, 4.69) is 24.6 Å². The molecule has 2 N–H and O–H groups in total. The third kappa shape index (κ3) is 24.5. The first-order valence-electron chi connectivity index (χ1n) is 3.89. The van der Waals surface area contributed by atoms with E-state index in [4.69, 9.17) is 9.79 Å². The molecule has 0 fully saturated rings. The summed E-state index contributed by atoms with van der Waals surface area (Å²) in [5.41, 5.74) is 0. The molecule has 0 saturated carbocycles. The van der Waals surface area contributed by atoms with E-state index in [1.165, 1.54) is 12.5 Å². The van der Waals surface area contributed by atoms with E-state index in [1.54, 1.807) is 0 Å². The molecule has 0 aromatic rings. The highest BCUT2D eigenvalue weighted by molar-refractivity contribution is 7.46. The zero-order valence-corrected chi connectivity index (χ0v) is 8.74.